The first kappa shape index (κ1) is 19.1. The van der Waals surface area contributed by atoms with Gasteiger partial charge in [-0.05, 0) is 48.9 Å². The Balaban J connectivity index is 1.62. The molecule has 3 aromatic rings. The maximum atomic E-state index is 12.5. The van der Waals surface area contributed by atoms with E-state index in [1.165, 1.54) is 12.5 Å². The van der Waals surface area contributed by atoms with Gasteiger partial charge in [-0.15, -0.1) is 0 Å². The fourth-order valence-corrected chi connectivity index (χ4v) is 2.73. The molecule has 0 radical (unpaired) electrons. The Kier molecular flexibility index (Phi) is 6.01. The monoisotopic (exact) mass is 374 g/mol. The number of nitrogens with zero attached hydrogens (tertiary/aromatic N) is 1. The van der Waals surface area contributed by atoms with Gasteiger partial charge in [0.05, 0.1) is 0 Å². The van der Waals surface area contributed by atoms with Gasteiger partial charge in [0.2, 0.25) is 5.91 Å². The van der Waals surface area contributed by atoms with Crippen molar-refractivity contribution in [2.75, 3.05) is 16.0 Å². The lowest BCUT2D eigenvalue weighted by atomic mass is 10.1. The van der Waals surface area contributed by atoms with E-state index in [1.807, 2.05) is 12.1 Å². The maximum Gasteiger partial charge on any atom is 0.255 e. The van der Waals surface area contributed by atoms with E-state index in [0.29, 0.717) is 29.3 Å². The lowest BCUT2D eigenvalue weighted by Crippen LogP contribution is -2.13. The summed E-state index contributed by atoms with van der Waals surface area (Å²) in [4.78, 5) is 27.8. The summed E-state index contributed by atoms with van der Waals surface area (Å²) in [5.74, 6) is 0.266. The molecule has 0 spiro atoms. The fraction of sp³-hybridized carbons (Fsp3) is 0.136. The Bertz CT molecular complexity index is 984. The molecule has 0 saturated carbocycles. The number of anilines is 3. The van der Waals surface area contributed by atoms with Crippen LogP contribution in [0.1, 0.15) is 28.4 Å². The molecule has 6 nitrogen and oxygen atoms in total. The van der Waals surface area contributed by atoms with Crippen LogP contribution >= 0.6 is 0 Å². The van der Waals surface area contributed by atoms with Crippen molar-refractivity contribution in [3.8, 4) is 0 Å². The standard InChI is InChI=1S/C22H22N4O2/c1-15-4-3-5-17(12-15)14-24-21-13-18(10-11-23-21)22(28)26-20-8-6-19(7-9-20)25-16(2)27/h3-13H,14H2,1-2H3,(H,23,24)(H,25,27)(H,26,28). The van der Waals surface area contributed by atoms with Gasteiger partial charge in [-0.3, -0.25) is 9.59 Å². The number of carbonyl (C=O) groups is 2. The summed E-state index contributed by atoms with van der Waals surface area (Å²) in [7, 11) is 0. The molecule has 3 rings (SSSR count). The minimum Gasteiger partial charge on any atom is -0.366 e. The van der Waals surface area contributed by atoms with Crippen LogP contribution in [0.3, 0.4) is 0 Å². The Morgan fingerprint density at radius 3 is 2.32 bits per heavy atom. The van der Waals surface area contributed by atoms with Crippen LogP contribution in [-0.4, -0.2) is 16.8 Å². The summed E-state index contributed by atoms with van der Waals surface area (Å²) in [5, 5.41) is 8.77. The number of aromatic nitrogens is 1. The number of carbonyl (C=O) groups excluding carboxylic acids is 2. The van der Waals surface area contributed by atoms with Crippen LogP contribution in [0.25, 0.3) is 0 Å². The van der Waals surface area contributed by atoms with Crippen molar-refractivity contribution in [2.24, 2.45) is 0 Å². The Hall–Kier alpha value is -3.67. The van der Waals surface area contributed by atoms with E-state index in [-0.39, 0.29) is 11.8 Å². The van der Waals surface area contributed by atoms with Crippen molar-refractivity contribution in [3.63, 3.8) is 0 Å². The highest BCUT2D eigenvalue weighted by molar-refractivity contribution is 6.04. The van der Waals surface area contributed by atoms with Crippen molar-refractivity contribution in [1.82, 2.24) is 4.98 Å². The molecule has 0 unspecified atom stereocenters. The van der Waals surface area contributed by atoms with Gasteiger partial charge >= 0.3 is 0 Å². The van der Waals surface area contributed by atoms with Crippen LogP contribution in [0.5, 0.6) is 0 Å². The van der Waals surface area contributed by atoms with Crippen LogP contribution in [0.4, 0.5) is 17.2 Å². The second-order valence-electron chi connectivity index (χ2n) is 6.49. The van der Waals surface area contributed by atoms with Gasteiger partial charge in [-0.1, -0.05) is 29.8 Å². The molecule has 0 aliphatic carbocycles. The van der Waals surface area contributed by atoms with Crippen LogP contribution < -0.4 is 16.0 Å². The Morgan fingerprint density at radius 2 is 1.64 bits per heavy atom. The highest BCUT2D eigenvalue weighted by Gasteiger charge is 2.08. The first-order chi connectivity index (χ1) is 13.5. The highest BCUT2D eigenvalue weighted by Crippen LogP contribution is 2.16. The van der Waals surface area contributed by atoms with Crippen LogP contribution in [0.15, 0.2) is 66.9 Å². The lowest BCUT2D eigenvalue weighted by molar-refractivity contribution is -0.114. The summed E-state index contributed by atoms with van der Waals surface area (Å²) in [6.45, 7) is 4.13. The number of benzene rings is 2. The molecule has 0 atom stereocenters. The third-order valence-electron chi connectivity index (χ3n) is 4.04. The van der Waals surface area contributed by atoms with Gasteiger partial charge in [-0.25, -0.2) is 4.98 Å². The number of hydrogen-bond donors (Lipinski definition) is 3. The van der Waals surface area contributed by atoms with Crippen LogP contribution in [0.2, 0.25) is 0 Å². The number of nitrogens with one attached hydrogen (secondary N) is 3. The molecule has 0 bridgehead atoms. The molecule has 28 heavy (non-hydrogen) atoms. The van der Waals surface area contributed by atoms with E-state index >= 15 is 0 Å². The molecule has 6 heteroatoms. The third-order valence-corrected chi connectivity index (χ3v) is 4.04. The summed E-state index contributed by atoms with van der Waals surface area (Å²) < 4.78 is 0. The smallest absolute Gasteiger partial charge is 0.255 e. The molecular weight excluding hydrogens is 352 g/mol. The molecule has 3 N–H and O–H groups in total. The molecular formula is C22H22N4O2. The van der Waals surface area contributed by atoms with E-state index in [0.717, 1.165) is 5.56 Å². The van der Waals surface area contributed by atoms with E-state index in [1.54, 1.807) is 42.6 Å². The fourth-order valence-electron chi connectivity index (χ4n) is 2.73. The van der Waals surface area contributed by atoms with Gasteiger partial charge in [-0.2, -0.15) is 0 Å². The van der Waals surface area contributed by atoms with E-state index in [4.69, 9.17) is 0 Å². The second kappa shape index (κ2) is 8.81. The molecule has 1 aromatic heterocycles. The topological polar surface area (TPSA) is 83.1 Å². The molecule has 142 valence electrons. The van der Waals surface area contributed by atoms with E-state index < -0.39 is 0 Å². The van der Waals surface area contributed by atoms with Crippen molar-refractivity contribution in [3.05, 3.63) is 83.6 Å². The average Bonchev–Trinajstić information content (AvgIpc) is 2.68. The molecule has 2 aromatic carbocycles. The first-order valence-electron chi connectivity index (χ1n) is 8.94. The van der Waals surface area contributed by atoms with Crippen LogP contribution in [-0.2, 0) is 11.3 Å². The van der Waals surface area contributed by atoms with Crippen molar-refractivity contribution in [2.45, 2.75) is 20.4 Å². The highest BCUT2D eigenvalue weighted by atomic mass is 16.2. The summed E-state index contributed by atoms with van der Waals surface area (Å²) in [6, 6.07) is 18.5. The van der Waals surface area contributed by atoms with Crippen molar-refractivity contribution in [1.29, 1.82) is 0 Å². The molecule has 0 saturated heterocycles. The average molecular weight is 374 g/mol. The normalized spacial score (nSPS) is 10.2. The Morgan fingerprint density at radius 1 is 0.929 bits per heavy atom. The van der Waals surface area contributed by atoms with Gasteiger partial charge < -0.3 is 16.0 Å². The predicted molar refractivity (Wildman–Crippen MR) is 111 cm³/mol. The molecule has 2 amide bonds. The van der Waals surface area contributed by atoms with Crippen LogP contribution in [0, 0.1) is 6.92 Å². The molecule has 0 aliphatic heterocycles. The Labute approximate surface area is 164 Å². The molecule has 0 fully saturated rings. The zero-order valence-corrected chi connectivity index (χ0v) is 15.8. The molecule has 1 heterocycles. The third kappa shape index (κ3) is 5.41. The number of pyridine rings is 1. The zero-order valence-electron chi connectivity index (χ0n) is 15.8. The predicted octanol–water partition coefficient (Wildman–Crippen LogP) is 4.21. The lowest BCUT2D eigenvalue weighted by Gasteiger charge is -2.09. The van der Waals surface area contributed by atoms with E-state index in [2.05, 4.69) is 40.0 Å². The van der Waals surface area contributed by atoms with Gasteiger partial charge in [0.25, 0.3) is 5.91 Å². The first-order valence-corrected chi connectivity index (χ1v) is 8.94. The summed E-state index contributed by atoms with van der Waals surface area (Å²) >= 11 is 0. The minimum absolute atomic E-state index is 0.140. The largest absolute Gasteiger partial charge is 0.366 e. The van der Waals surface area contributed by atoms with Gasteiger partial charge in [0.15, 0.2) is 0 Å². The van der Waals surface area contributed by atoms with Gasteiger partial charge in [0.1, 0.15) is 5.82 Å². The number of amides is 2. The SMILES string of the molecule is CC(=O)Nc1ccc(NC(=O)c2ccnc(NCc3cccc(C)c3)c2)cc1. The second-order valence-corrected chi connectivity index (χ2v) is 6.49. The number of rotatable bonds is 6. The number of hydrogen-bond acceptors (Lipinski definition) is 4. The van der Waals surface area contributed by atoms with Crippen molar-refractivity contribution < 1.29 is 9.59 Å². The summed E-state index contributed by atoms with van der Waals surface area (Å²) in [5.41, 5.74) is 4.18. The maximum absolute atomic E-state index is 12.5. The van der Waals surface area contributed by atoms with Crippen molar-refractivity contribution >= 4 is 29.0 Å². The van der Waals surface area contributed by atoms with Gasteiger partial charge in [0, 0.05) is 36.6 Å². The number of aryl methyl sites for hydroxylation is 1. The zero-order chi connectivity index (χ0) is 19.9. The van der Waals surface area contributed by atoms with E-state index in [9.17, 15) is 9.59 Å². The summed E-state index contributed by atoms with van der Waals surface area (Å²) in [6.07, 6.45) is 1.60. The molecule has 0 aliphatic rings. The quantitative estimate of drug-likeness (QED) is 0.603. The minimum atomic E-state index is -0.228.